The van der Waals surface area contributed by atoms with Crippen LogP contribution in [0.2, 0.25) is 0 Å². The van der Waals surface area contributed by atoms with Gasteiger partial charge in [0.25, 0.3) is 0 Å². The molecule has 64 valence electrons. The number of carbonyl (C=O) groups is 1. The topological polar surface area (TPSA) is 20.3 Å². The van der Waals surface area contributed by atoms with Crippen LogP contribution in [0, 0.1) is 5.41 Å². The van der Waals surface area contributed by atoms with Crippen LogP contribution in [0.15, 0.2) is 0 Å². The van der Waals surface area contributed by atoms with E-state index < -0.39 is 0 Å². The molecule has 1 fully saturated rings. The molecule has 0 saturated carbocycles. The smallest absolute Gasteiger partial charge is 0.237 e. The van der Waals surface area contributed by atoms with E-state index in [9.17, 15) is 4.79 Å². The fraction of sp³-hybridized carbons (Fsp3) is 0.875. The summed E-state index contributed by atoms with van der Waals surface area (Å²) in [4.78, 5) is 12.9. The number of hydrogen-bond acceptors (Lipinski definition) is 1. The normalized spacial score (nSPS) is 22.3. The van der Waals surface area contributed by atoms with Crippen molar-refractivity contribution in [1.82, 2.24) is 4.90 Å². The zero-order valence-corrected chi connectivity index (χ0v) is 7.82. The van der Waals surface area contributed by atoms with E-state index in [1.807, 2.05) is 4.90 Å². The van der Waals surface area contributed by atoms with Gasteiger partial charge >= 0.3 is 0 Å². The molecule has 0 N–H and O–H groups in total. The second-order valence-electron chi connectivity index (χ2n) is 3.86. The van der Waals surface area contributed by atoms with Gasteiger partial charge in [-0.25, -0.2) is 0 Å². The molecule has 1 saturated heterocycles. The lowest BCUT2D eigenvalue weighted by Gasteiger charge is -2.18. The van der Waals surface area contributed by atoms with E-state index in [4.69, 9.17) is 11.6 Å². The van der Waals surface area contributed by atoms with Crippen LogP contribution in [0.5, 0.6) is 0 Å². The quantitative estimate of drug-likeness (QED) is 0.553. The maximum absolute atomic E-state index is 11.1. The number of nitrogens with zero attached hydrogens (tertiary/aromatic N) is 1. The largest absolute Gasteiger partial charge is 0.341 e. The molecule has 1 heterocycles. The van der Waals surface area contributed by atoms with Crippen molar-refractivity contribution in [3.05, 3.63) is 0 Å². The van der Waals surface area contributed by atoms with Crippen molar-refractivity contribution in [3.63, 3.8) is 0 Å². The highest BCUT2D eigenvalue weighted by atomic mass is 35.5. The summed E-state index contributed by atoms with van der Waals surface area (Å²) in [7, 11) is 0. The van der Waals surface area contributed by atoms with Gasteiger partial charge in [0.05, 0.1) is 0 Å². The number of alkyl halides is 1. The molecule has 0 aromatic heterocycles. The van der Waals surface area contributed by atoms with Gasteiger partial charge in [-0.05, 0) is 11.8 Å². The maximum atomic E-state index is 11.1. The van der Waals surface area contributed by atoms with Crippen LogP contribution in [0.4, 0.5) is 0 Å². The van der Waals surface area contributed by atoms with E-state index in [2.05, 4.69) is 13.8 Å². The van der Waals surface area contributed by atoms with E-state index in [-0.39, 0.29) is 11.8 Å². The molecule has 2 nitrogen and oxygen atoms in total. The monoisotopic (exact) mass is 175 g/mol. The Kier molecular flexibility index (Phi) is 2.43. The Balaban J connectivity index is 2.48. The first-order valence-corrected chi connectivity index (χ1v) is 4.42. The van der Waals surface area contributed by atoms with Gasteiger partial charge in [-0.3, -0.25) is 4.79 Å². The molecule has 0 aliphatic carbocycles. The van der Waals surface area contributed by atoms with Gasteiger partial charge in [-0.1, -0.05) is 13.8 Å². The molecule has 11 heavy (non-hydrogen) atoms. The van der Waals surface area contributed by atoms with Crippen LogP contribution in [-0.2, 0) is 4.79 Å². The van der Waals surface area contributed by atoms with Gasteiger partial charge < -0.3 is 4.90 Å². The van der Waals surface area contributed by atoms with Crippen LogP contribution in [-0.4, -0.2) is 29.8 Å². The molecule has 1 aliphatic heterocycles. The van der Waals surface area contributed by atoms with Crippen molar-refractivity contribution in [2.75, 3.05) is 19.0 Å². The lowest BCUT2D eigenvalue weighted by Crippen LogP contribution is -2.30. The van der Waals surface area contributed by atoms with E-state index >= 15 is 0 Å². The SMILES string of the molecule is CC1(C)CCN(C(=O)CCl)C1. The average Bonchev–Trinajstić information content (AvgIpc) is 2.29. The first kappa shape index (κ1) is 8.85. The van der Waals surface area contributed by atoms with Gasteiger partial charge in [-0.2, -0.15) is 0 Å². The predicted octanol–water partition coefficient (Wildman–Crippen LogP) is 1.48. The molecular formula is C8H14ClNO. The van der Waals surface area contributed by atoms with Crippen molar-refractivity contribution in [3.8, 4) is 0 Å². The Morgan fingerprint density at radius 1 is 1.64 bits per heavy atom. The first-order chi connectivity index (χ1) is 5.05. The predicted molar refractivity (Wildman–Crippen MR) is 45.7 cm³/mol. The van der Waals surface area contributed by atoms with Crippen molar-refractivity contribution >= 4 is 17.5 Å². The minimum Gasteiger partial charge on any atom is -0.341 e. The highest BCUT2D eigenvalue weighted by molar-refractivity contribution is 6.27. The van der Waals surface area contributed by atoms with Gasteiger partial charge in [0, 0.05) is 13.1 Å². The summed E-state index contributed by atoms with van der Waals surface area (Å²) in [5, 5.41) is 0. The standard InChI is InChI=1S/C8H14ClNO/c1-8(2)3-4-10(6-8)7(11)5-9/h3-6H2,1-2H3. The number of carbonyl (C=O) groups excluding carboxylic acids is 1. The van der Waals surface area contributed by atoms with Gasteiger partial charge in [-0.15, -0.1) is 11.6 Å². The summed E-state index contributed by atoms with van der Waals surface area (Å²) in [6, 6.07) is 0. The van der Waals surface area contributed by atoms with Crippen LogP contribution in [0.1, 0.15) is 20.3 Å². The first-order valence-electron chi connectivity index (χ1n) is 3.89. The third kappa shape index (κ3) is 2.09. The molecule has 0 bridgehead atoms. The van der Waals surface area contributed by atoms with E-state index in [0.717, 1.165) is 19.5 Å². The van der Waals surface area contributed by atoms with Crippen molar-refractivity contribution in [1.29, 1.82) is 0 Å². The number of likely N-dealkylation sites (tertiary alicyclic amines) is 1. The van der Waals surface area contributed by atoms with Crippen LogP contribution in [0.3, 0.4) is 0 Å². The molecule has 0 radical (unpaired) electrons. The Bertz CT molecular complexity index is 167. The third-order valence-electron chi connectivity index (χ3n) is 2.14. The minimum absolute atomic E-state index is 0.0669. The summed E-state index contributed by atoms with van der Waals surface area (Å²) in [5.74, 6) is 0.188. The molecule has 0 aromatic rings. The van der Waals surface area contributed by atoms with Gasteiger partial charge in [0.1, 0.15) is 5.88 Å². The lowest BCUT2D eigenvalue weighted by molar-refractivity contribution is -0.127. The molecule has 3 heteroatoms. The Morgan fingerprint density at radius 3 is 2.64 bits per heavy atom. The maximum Gasteiger partial charge on any atom is 0.237 e. The zero-order chi connectivity index (χ0) is 8.48. The molecule has 1 rings (SSSR count). The third-order valence-corrected chi connectivity index (χ3v) is 2.37. The van der Waals surface area contributed by atoms with Crippen LogP contribution >= 0.6 is 11.6 Å². The molecule has 0 unspecified atom stereocenters. The Morgan fingerprint density at radius 2 is 2.27 bits per heavy atom. The Hall–Kier alpha value is -0.240. The van der Waals surface area contributed by atoms with E-state index in [1.54, 1.807) is 0 Å². The summed E-state index contributed by atoms with van der Waals surface area (Å²) < 4.78 is 0. The zero-order valence-electron chi connectivity index (χ0n) is 7.06. The lowest BCUT2D eigenvalue weighted by atomic mass is 9.93. The van der Waals surface area contributed by atoms with Gasteiger partial charge in [0.15, 0.2) is 0 Å². The molecule has 0 spiro atoms. The highest BCUT2D eigenvalue weighted by Crippen LogP contribution is 2.28. The Labute approximate surface area is 72.5 Å². The molecule has 1 aliphatic rings. The van der Waals surface area contributed by atoms with E-state index in [0.29, 0.717) is 5.41 Å². The van der Waals surface area contributed by atoms with Crippen molar-refractivity contribution < 1.29 is 4.79 Å². The second-order valence-corrected chi connectivity index (χ2v) is 4.13. The summed E-state index contributed by atoms with van der Waals surface area (Å²) >= 11 is 5.43. The van der Waals surface area contributed by atoms with Crippen molar-refractivity contribution in [2.24, 2.45) is 5.41 Å². The average molecular weight is 176 g/mol. The molecular weight excluding hydrogens is 162 g/mol. The fourth-order valence-corrected chi connectivity index (χ4v) is 1.58. The molecule has 0 atom stereocenters. The summed E-state index contributed by atoms with van der Waals surface area (Å²) in [6.07, 6.45) is 1.09. The van der Waals surface area contributed by atoms with Crippen LogP contribution < -0.4 is 0 Å². The van der Waals surface area contributed by atoms with E-state index in [1.165, 1.54) is 0 Å². The molecule has 1 amide bonds. The number of amides is 1. The highest BCUT2D eigenvalue weighted by Gasteiger charge is 2.31. The van der Waals surface area contributed by atoms with Gasteiger partial charge in [0.2, 0.25) is 5.91 Å². The number of hydrogen-bond donors (Lipinski definition) is 0. The summed E-state index contributed by atoms with van der Waals surface area (Å²) in [6.45, 7) is 6.08. The van der Waals surface area contributed by atoms with Crippen molar-refractivity contribution in [2.45, 2.75) is 20.3 Å². The second kappa shape index (κ2) is 3.02. The summed E-state index contributed by atoms with van der Waals surface area (Å²) in [5.41, 5.74) is 0.293. The van der Waals surface area contributed by atoms with Crippen LogP contribution in [0.25, 0.3) is 0 Å². The number of rotatable bonds is 1. The minimum atomic E-state index is 0.0669. The molecule has 0 aromatic carbocycles. The number of halogens is 1. The fourth-order valence-electron chi connectivity index (χ4n) is 1.41.